The van der Waals surface area contributed by atoms with Crippen LogP contribution in [0, 0.1) is 5.82 Å². The molecule has 0 bridgehead atoms. The first kappa shape index (κ1) is 14.6. The topological polar surface area (TPSA) is 66.4 Å². The molecule has 0 heterocycles. The Kier molecular flexibility index (Phi) is 5.27. The molecule has 1 rings (SSSR count). The summed E-state index contributed by atoms with van der Waals surface area (Å²) in [6.07, 6.45) is 0.263. The first-order valence-corrected chi connectivity index (χ1v) is 6.17. The van der Waals surface area contributed by atoms with E-state index < -0.39 is 17.7 Å². The van der Waals surface area contributed by atoms with Gasteiger partial charge in [-0.3, -0.25) is 9.59 Å². The second-order valence-corrected chi connectivity index (χ2v) is 4.85. The van der Waals surface area contributed by atoms with Gasteiger partial charge in [0.25, 0.3) is 5.91 Å². The standard InChI is InChI=1S/C12H13BrFNO3/c1-7(2-5-11(16)17)15-12(18)9-6-8(13)3-4-10(9)14/h3-4,6-7H,2,5H2,1H3,(H,15,18)(H,16,17). The van der Waals surface area contributed by atoms with E-state index in [1.807, 2.05) is 0 Å². The van der Waals surface area contributed by atoms with Crippen LogP contribution < -0.4 is 5.32 Å². The number of rotatable bonds is 5. The van der Waals surface area contributed by atoms with Gasteiger partial charge in [-0.25, -0.2) is 4.39 Å². The molecule has 18 heavy (non-hydrogen) atoms. The Morgan fingerprint density at radius 2 is 2.17 bits per heavy atom. The molecular weight excluding hydrogens is 305 g/mol. The third-order valence-corrected chi connectivity index (χ3v) is 2.83. The highest BCUT2D eigenvalue weighted by atomic mass is 79.9. The van der Waals surface area contributed by atoms with Gasteiger partial charge in [0.1, 0.15) is 5.82 Å². The first-order valence-electron chi connectivity index (χ1n) is 5.38. The summed E-state index contributed by atoms with van der Waals surface area (Å²) in [6.45, 7) is 1.68. The van der Waals surface area contributed by atoms with Gasteiger partial charge in [0.05, 0.1) is 5.56 Å². The number of nitrogens with one attached hydrogen (secondary N) is 1. The lowest BCUT2D eigenvalue weighted by molar-refractivity contribution is -0.137. The van der Waals surface area contributed by atoms with Crippen LogP contribution in [-0.4, -0.2) is 23.0 Å². The molecule has 1 aromatic carbocycles. The van der Waals surface area contributed by atoms with Crippen molar-refractivity contribution >= 4 is 27.8 Å². The lowest BCUT2D eigenvalue weighted by atomic mass is 10.1. The summed E-state index contributed by atoms with van der Waals surface area (Å²) in [6, 6.07) is 3.75. The molecule has 1 amide bonds. The van der Waals surface area contributed by atoms with E-state index in [4.69, 9.17) is 5.11 Å². The van der Waals surface area contributed by atoms with Gasteiger partial charge in [-0.05, 0) is 31.5 Å². The highest BCUT2D eigenvalue weighted by Crippen LogP contribution is 2.15. The molecule has 98 valence electrons. The smallest absolute Gasteiger partial charge is 0.303 e. The van der Waals surface area contributed by atoms with E-state index in [1.165, 1.54) is 18.2 Å². The number of amides is 1. The highest BCUT2D eigenvalue weighted by molar-refractivity contribution is 9.10. The highest BCUT2D eigenvalue weighted by Gasteiger charge is 2.15. The molecule has 0 saturated carbocycles. The Morgan fingerprint density at radius 1 is 1.50 bits per heavy atom. The number of aliphatic carboxylic acids is 1. The fraction of sp³-hybridized carbons (Fsp3) is 0.333. The third kappa shape index (κ3) is 4.44. The monoisotopic (exact) mass is 317 g/mol. The van der Waals surface area contributed by atoms with Crippen molar-refractivity contribution in [3.05, 3.63) is 34.1 Å². The lowest BCUT2D eigenvalue weighted by Crippen LogP contribution is -2.33. The van der Waals surface area contributed by atoms with Crippen LogP contribution in [0.3, 0.4) is 0 Å². The van der Waals surface area contributed by atoms with Gasteiger partial charge in [0, 0.05) is 16.9 Å². The molecule has 1 atom stereocenters. The largest absolute Gasteiger partial charge is 0.481 e. The van der Waals surface area contributed by atoms with E-state index in [1.54, 1.807) is 6.92 Å². The van der Waals surface area contributed by atoms with Crippen LogP contribution in [0.1, 0.15) is 30.1 Å². The fourth-order valence-electron chi connectivity index (χ4n) is 1.39. The molecule has 0 aliphatic carbocycles. The summed E-state index contributed by atoms with van der Waals surface area (Å²) in [4.78, 5) is 22.1. The minimum atomic E-state index is -0.926. The van der Waals surface area contributed by atoms with Crippen LogP contribution in [0.25, 0.3) is 0 Å². The van der Waals surface area contributed by atoms with E-state index in [2.05, 4.69) is 21.2 Å². The van der Waals surface area contributed by atoms with E-state index in [-0.39, 0.29) is 18.0 Å². The first-order chi connectivity index (χ1) is 8.40. The number of carboxylic acid groups (broad SMARTS) is 1. The Bertz CT molecular complexity index is 465. The van der Waals surface area contributed by atoms with Gasteiger partial charge < -0.3 is 10.4 Å². The Morgan fingerprint density at radius 3 is 2.78 bits per heavy atom. The fourth-order valence-corrected chi connectivity index (χ4v) is 1.75. The van der Waals surface area contributed by atoms with Crippen molar-refractivity contribution in [3.8, 4) is 0 Å². The predicted octanol–water partition coefficient (Wildman–Crippen LogP) is 2.57. The molecule has 0 fully saturated rings. The molecule has 0 aliphatic heterocycles. The maximum Gasteiger partial charge on any atom is 0.303 e. The van der Waals surface area contributed by atoms with Crippen LogP contribution in [0.4, 0.5) is 4.39 Å². The number of carboxylic acids is 1. The maximum atomic E-state index is 13.4. The minimum absolute atomic E-state index is 0.0393. The SMILES string of the molecule is CC(CCC(=O)O)NC(=O)c1cc(Br)ccc1F. The van der Waals surface area contributed by atoms with E-state index in [9.17, 15) is 14.0 Å². The summed E-state index contributed by atoms with van der Waals surface area (Å²) in [5.41, 5.74) is -0.0634. The van der Waals surface area contributed by atoms with Crippen molar-refractivity contribution < 1.29 is 19.1 Å². The minimum Gasteiger partial charge on any atom is -0.481 e. The molecular formula is C12H13BrFNO3. The Balaban J connectivity index is 2.64. The number of hydrogen-bond donors (Lipinski definition) is 2. The third-order valence-electron chi connectivity index (χ3n) is 2.34. The Labute approximate surface area is 112 Å². The average Bonchev–Trinajstić information content (AvgIpc) is 2.29. The van der Waals surface area contributed by atoms with Crippen molar-refractivity contribution in [1.82, 2.24) is 5.32 Å². The van der Waals surface area contributed by atoms with Crippen molar-refractivity contribution in [1.29, 1.82) is 0 Å². The van der Waals surface area contributed by atoms with Crippen LogP contribution in [0.15, 0.2) is 22.7 Å². The number of carbonyl (C=O) groups excluding carboxylic acids is 1. The zero-order chi connectivity index (χ0) is 13.7. The number of carbonyl (C=O) groups is 2. The molecule has 4 nitrogen and oxygen atoms in total. The summed E-state index contributed by atoms with van der Waals surface area (Å²) in [5, 5.41) is 11.1. The molecule has 6 heteroatoms. The molecule has 1 unspecified atom stereocenters. The summed E-state index contributed by atoms with van der Waals surface area (Å²) in [7, 11) is 0. The molecule has 0 saturated heterocycles. The second kappa shape index (κ2) is 6.49. The summed E-state index contributed by atoms with van der Waals surface area (Å²) < 4.78 is 14.0. The molecule has 2 N–H and O–H groups in total. The molecule has 0 radical (unpaired) electrons. The van der Waals surface area contributed by atoms with Gasteiger partial charge in [0.15, 0.2) is 0 Å². The zero-order valence-corrected chi connectivity index (χ0v) is 11.3. The quantitative estimate of drug-likeness (QED) is 0.877. The zero-order valence-electron chi connectivity index (χ0n) is 9.74. The van der Waals surface area contributed by atoms with E-state index >= 15 is 0 Å². The molecule has 0 aliphatic rings. The Hall–Kier alpha value is -1.43. The predicted molar refractivity (Wildman–Crippen MR) is 67.9 cm³/mol. The van der Waals surface area contributed by atoms with Gasteiger partial charge in [-0.1, -0.05) is 15.9 Å². The summed E-state index contributed by atoms with van der Waals surface area (Å²) >= 11 is 3.16. The van der Waals surface area contributed by atoms with E-state index in [0.717, 1.165) is 0 Å². The lowest BCUT2D eigenvalue weighted by Gasteiger charge is -2.13. The normalized spacial score (nSPS) is 11.9. The van der Waals surface area contributed by atoms with Crippen molar-refractivity contribution in [2.75, 3.05) is 0 Å². The van der Waals surface area contributed by atoms with Crippen molar-refractivity contribution in [2.45, 2.75) is 25.8 Å². The molecule has 1 aromatic rings. The molecule has 0 aromatic heterocycles. The van der Waals surface area contributed by atoms with Gasteiger partial charge in [-0.2, -0.15) is 0 Å². The van der Waals surface area contributed by atoms with Gasteiger partial charge >= 0.3 is 5.97 Å². The number of benzene rings is 1. The molecule has 0 spiro atoms. The summed E-state index contributed by atoms with van der Waals surface area (Å²) in [5.74, 6) is -2.09. The number of hydrogen-bond acceptors (Lipinski definition) is 2. The van der Waals surface area contributed by atoms with Crippen LogP contribution >= 0.6 is 15.9 Å². The van der Waals surface area contributed by atoms with E-state index in [0.29, 0.717) is 10.9 Å². The average molecular weight is 318 g/mol. The number of halogens is 2. The van der Waals surface area contributed by atoms with Gasteiger partial charge in [-0.15, -0.1) is 0 Å². The van der Waals surface area contributed by atoms with Crippen molar-refractivity contribution in [3.63, 3.8) is 0 Å². The maximum absolute atomic E-state index is 13.4. The second-order valence-electron chi connectivity index (χ2n) is 3.93. The van der Waals surface area contributed by atoms with Crippen LogP contribution in [0.5, 0.6) is 0 Å². The van der Waals surface area contributed by atoms with Gasteiger partial charge in [0.2, 0.25) is 0 Å². The van der Waals surface area contributed by atoms with Crippen LogP contribution in [-0.2, 0) is 4.79 Å². The van der Waals surface area contributed by atoms with Crippen LogP contribution in [0.2, 0.25) is 0 Å². The van der Waals surface area contributed by atoms with Crippen molar-refractivity contribution in [2.24, 2.45) is 0 Å².